The molecular formula is C20H18N2O5S. The van der Waals surface area contributed by atoms with E-state index in [4.69, 9.17) is 21.7 Å². The van der Waals surface area contributed by atoms with Gasteiger partial charge in [-0.25, -0.2) is 0 Å². The Morgan fingerprint density at radius 2 is 1.75 bits per heavy atom. The van der Waals surface area contributed by atoms with Crippen LogP contribution in [0.3, 0.4) is 0 Å². The van der Waals surface area contributed by atoms with E-state index >= 15 is 0 Å². The van der Waals surface area contributed by atoms with Gasteiger partial charge in [0.1, 0.15) is 5.57 Å². The summed E-state index contributed by atoms with van der Waals surface area (Å²) >= 11 is 5.19. The lowest BCUT2D eigenvalue weighted by Crippen LogP contribution is -2.54. The molecule has 0 bridgehead atoms. The zero-order chi connectivity index (χ0) is 20.4. The molecule has 0 saturated carbocycles. The Bertz CT molecular complexity index is 990. The van der Waals surface area contributed by atoms with Crippen LogP contribution in [-0.4, -0.2) is 36.3 Å². The minimum Gasteiger partial charge on any atom is -0.502 e. The van der Waals surface area contributed by atoms with Crippen molar-refractivity contribution in [3.8, 4) is 17.2 Å². The Labute approximate surface area is 167 Å². The van der Waals surface area contributed by atoms with Gasteiger partial charge in [-0.3, -0.25) is 19.8 Å². The number of hydrogen-bond acceptors (Lipinski definition) is 6. The normalized spacial score (nSPS) is 15.6. The van der Waals surface area contributed by atoms with Crippen molar-refractivity contribution in [3.05, 3.63) is 53.1 Å². The third-order valence-corrected chi connectivity index (χ3v) is 4.46. The van der Waals surface area contributed by atoms with Crippen molar-refractivity contribution in [2.24, 2.45) is 0 Å². The standard InChI is InChI=1S/C20H18N2O5S/c1-11-5-4-6-13(7-11)22-19(25)14(18(24)21-20(22)28)8-12-9-15(26-2)17(23)16(10-12)27-3/h4-10,23H,1-3H3,(H,21,24,28). The van der Waals surface area contributed by atoms with Gasteiger partial charge in [-0.15, -0.1) is 0 Å². The van der Waals surface area contributed by atoms with Crippen molar-refractivity contribution in [1.29, 1.82) is 0 Å². The van der Waals surface area contributed by atoms with Gasteiger partial charge < -0.3 is 14.6 Å². The van der Waals surface area contributed by atoms with Crippen molar-refractivity contribution in [2.75, 3.05) is 19.1 Å². The predicted octanol–water partition coefficient (Wildman–Crippen LogP) is 2.55. The third kappa shape index (κ3) is 3.54. The van der Waals surface area contributed by atoms with Gasteiger partial charge in [-0.2, -0.15) is 0 Å². The number of methoxy groups -OCH3 is 2. The molecule has 28 heavy (non-hydrogen) atoms. The molecule has 0 unspecified atom stereocenters. The second-order valence-corrected chi connectivity index (χ2v) is 6.46. The number of nitrogens with zero attached hydrogens (tertiary/aromatic N) is 1. The van der Waals surface area contributed by atoms with E-state index in [-0.39, 0.29) is 27.9 Å². The molecule has 7 nitrogen and oxygen atoms in total. The Hall–Kier alpha value is -3.39. The number of carbonyl (C=O) groups is 2. The molecule has 1 aliphatic rings. The topological polar surface area (TPSA) is 88.1 Å². The zero-order valence-electron chi connectivity index (χ0n) is 15.5. The number of nitrogens with one attached hydrogen (secondary N) is 1. The number of aryl methyl sites for hydroxylation is 1. The molecule has 1 saturated heterocycles. The molecular weight excluding hydrogens is 380 g/mol. The molecule has 0 aliphatic carbocycles. The van der Waals surface area contributed by atoms with Gasteiger partial charge in [-0.05, 0) is 60.6 Å². The summed E-state index contributed by atoms with van der Waals surface area (Å²) in [4.78, 5) is 26.7. The molecule has 1 heterocycles. The molecule has 0 radical (unpaired) electrons. The van der Waals surface area contributed by atoms with E-state index in [0.29, 0.717) is 11.3 Å². The van der Waals surface area contributed by atoms with E-state index in [1.165, 1.54) is 37.3 Å². The molecule has 0 aromatic heterocycles. The first-order valence-corrected chi connectivity index (χ1v) is 8.69. The number of carbonyl (C=O) groups excluding carboxylic acids is 2. The summed E-state index contributed by atoms with van der Waals surface area (Å²) in [5.41, 5.74) is 1.84. The van der Waals surface area contributed by atoms with Crippen LogP contribution in [0.1, 0.15) is 11.1 Å². The van der Waals surface area contributed by atoms with E-state index < -0.39 is 11.8 Å². The fourth-order valence-corrected chi connectivity index (χ4v) is 3.10. The van der Waals surface area contributed by atoms with Crippen LogP contribution in [0.2, 0.25) is 0 Å². The quantitative estimate of drug-likeness (QED) is 0.468. The largest absolute Gasteiger partial charge is 0.502 e. The van der Waals surface area contributed by atoms with Crippen LogP contribution in [0.25, 0.3) is 6.08 Å². The molecule has 2 aromatic rings. The molecule has 2 amide bonds. The minimum atomic E-state index is -0.607. The molecule has 2 N–H and O–H groups in total. The number of anilines is 1. The maximum atomic E-state index is 13.0. The number of benzene rings is 2. The SMILES string of the molecule is COc1cc(C=C2C(=O)NC(=S)N(c3cccc(C)c3)C2=O)cc(OC)c1O. The highest BCUT2D eigenvalue weighted by atomic mass is 32.1. The maximum absolute atomic E-state index is 13.0. The summed E-state index contributed by atoms with van der Waals surface area (Å²) in [5, 5.41) is 12.6. The summed E-state index contributed by atoms with van der Waals surface area (Å²) in [7, 11) is 2.78. The summed E-state index contributed by atoms with van der Waals surface area (Å²) in [6.45, 7) is 1.89. The van der Waals surface area contributed by atoms with Crippen molar-refractivity contribution in [3.63, 3.8) is 0 Å². The van der Waals surface area contributed by atoms with Crippen LogP contribution < -0.4 is 19.7 Å². The highest BCUT2D eigenvalue weighted by Gasteiger charge is 2.34. The van der Waals surface area contributed by atoms with Crippen LogP contribution in [0.5, 0.6) is 17.2 Å². The van der Waals surface area contributed by atoms with Gasteiger partial charge >= 0.3 is 0 Å². The summed E-state index contributed by atoms with van der Waals surface area (Å²) in [5.74, 6) is -1.02. The van der Waals surface area contributed by atoms with Crippen molar-refractivity contribution in [2.45, 2.75) is 6.92 Å². The average Bonchev–Trinajstić information content (AvgIpc) is 2.66. The molecule has 1 aliphatic heterocycles. The smallest absolute Gasteiger partial charge is 0.270 e. The van der Waals surface area contributed by atoms with Gasteiger partial charge in [0.25, 0.3) is 11.8 Å². The van der Waals surface area contributed by atoms with Crippen LogP contribution in [0, 0.1) is 6.92 Å². The third-order valence-electron chi connectivity index (χ3n) is 4.17. The molecule has 2 aromatic carbocycles. The van der Waals surface area contributed by atoms with Crippen LogP contribution in [0.15, 0.2) is 42.0 Å². The number of rotatable bonds is 4. The molecule has 0 spiro atoms. The Kier molecular flexibility index (Phi) is 5.32. The van der Waals surface area contributed by atoms with Crippen LogP contribution in [0.4, 0.5) is 5.69 Å². The van der Waals surface area contributed by atoms with E-state index in [1.54, 1.807) is 18.2 Å². The van der Waals surface area contributed by atoms with Crippen molar-refractivity contribution in [1.82, 2.24) is 5.32 Å². The molecule has 3 rings (SSSR count). The lowest BCUT2D eigenvalue weighted by Gasteiger charge is -2.29. The first-order chi connectivity index (χ1) is 13.3. The minimum absolute atomic E-state index is 0.0126. The first kappa shape index (κ1) is 19.4. The molecule has 0 atom stereocenters. The summed E-state index contributed by atoms with van der Waals surface area (Å²) in [6, 6.07) is 10.2. The average molecular weight is 398 g/mol. The van der Waals surface area contributed by atoms with Gasteiger partial charge in [0.05, 0.1) is 19.9 Å². The zero-order valence-corrected chi connectivity index (χ0v) is 16.3. The summed E-state index contributed by atoms with van der Waals surface area (Å²) in [6.07, 6.45) is 1.40. The number of ether oxygens (including phenoxy) is 2. The maximum Gasteiger partial charge on any atom is 0.270 e. The van der Waals surface area contributed by atoms with Gasteiger partial charge in [0.15, 0.2) is 16.6 Å². The molecule has 1 fully saturated rings. The van der Waals surface area contributed by atoms with Crippen LogP contribution >= 0.6 is 12.2 Å². The van der Waals surface area contributed by atoms with E-state index in [2.05, 4.69) is 5.32 Å². The van der Waals surface area contributed by atoms with E-state index in [0.717, 1.165) is 5.56 Å². The Morgan fingerprint density at radius 3 is 2.32 bits per heavy atom. The van der Waals surface area contributed by atoms with Crippen molar-refractivity contribution < 1.29 is 24.2 Å². The predicted molar refractivity (Wildman–Crippen MR) is 109 cm³/mol. The highest BCUT2D eigenvalue weighted by Crippen LogP contribution is 2.38. The Balaban J connectivity index is 2.07. The lowest BCUT2D eigenvalue weighted by molar-refractivity contribution is -0.122. The second-order valence-electron chi connectivity index (χ2n) is 6.07. The van der Waals surface area contributed by atoms with Crippen molar-refractivity contribution >= 4 is 40.9 Å². The van der Waals surface area contributed by atoms with Gasteiger partial charge in [0, 0.05) is 0 Å². The van der Waals surface area contributed by atoms with E-state index in [9.17, 15) is 14.7 Å². The molecule has 144 valence electrons. The number of aromatic hydroxyl groups is 1. The van der Waals surface area contributed by atoms with Crippen LogP contribution in [-0.2, 0) is 9.59 Å². The highest BCUT2D eigenvalue weighted by molar-refractivity contribution is 7.80. The number of thiocarbonyl (C=S) groups is 1. The lowest BCUT2D eigenvalue weighted by atomic mass is 10.1. The molecule has 8 heteroatoms. The second kappa shape index (κ2) is 7.69. The Morgan fingerprint density at radius 1 is 1.11 bits per heavy atom. The number of hydrogen-bond donors (Lipinski definition) is 2. The first-order valence-electron chi connectivity index (χ1n) is 8.28. The fourth-order valence-electron chi connectivity index (χ4n) is 2.82. The fraction of sp³-hybridized carbons (Fsp3) is 0.150. The number of amides is 2. The summed E-state index contributed by atoms with van der Waals surface area (Å²) < 4.78 is 10.2. The van der Waals surface area contributed by atoms with Gasteiger partial charge in [0.2, 0.25) is 5.75 Å². The number of phenols is 1. The van der Waals surface area contributed by atoms with E-state index in [1.807, 2.05) is 13.0 Å². The number of phenolic OH excluding ortho intramolecular Hbond substituents is 1. The monoisotopic (exact) mass is 398 g/mol. The van der Waals surface area contributed by atoms with Gasteiger partial charge in [-0.1, -0.05) is 12.1 Å².